The zero-order chi connectivity index (χ0) is 25.2. The van der Waals surface area contributed by atoms with Crippen molar-refractivity contribution in [3.8, 4) is 0 Å². The Morgan fingerprint density at radius 1 is 0.657 bits per heavy atom. The molecule has 35 heavy (non-hydrogen) atoms. The normalized spacial score (nSPS) is 22.7. The molecule has 3 rings (SSSR count). The monoisotopic (exact) mass is 526 g/mol. The quantitative estimate of drug-likeness (QED) is 0.227. The Kier molecular flexibility index (Phi) is 12.3. The number of carbonyl (C=O) groups excluding carboxylic acids is 1. The van der Waals surface area contributed by atoms with Gasteiger partial charge in [0.05, 0.1) is 5.92 Å². The number of hydrogen-bond acceptors (Lipinski definition) is 5. The van der Waals surface area contributed by atoms with Gasteiger partial charge in [0.1, 0.15) is 0 Å². The van der Waals surface area contributed by atoms with Crippen molar-refractivity contribution in [3.05, 3.63) is 0 Å². The fraction of sp³-hybridized carbons (Fsp3) is 0.964. The summed E-state index contributed by atoms with van der Waals surface area (Å²) in [6.07, 6.45) is 19.7. The van der Waals surface area contributed by atoms with Crippen LogP contribution in [-0.2, 0) is 22.5 Å². The van der Waals surface area contributed by atoms with Gasteiger partial charge in [-0.15, -0.1) is 0 Å². The van der Waals surface area contributed by atoms with Gasteiger partial charge in [0.2, 0.25) is 0 Å². The predicted octanol–water partition coefficient (Wildman–Crippen LogP) is 8.16. The number of hydrogen-bond donors (Lipinski definition) is 0. The molecular weight excluding hydrogens is 472 g/mol. The van der Waals surface area contributed by atoms with Gasteiger partial charge >= 0.3 is 8.80 Å². The first-order chi connectivity index (χ1) is 17.0. The van der Waals surface area contributed by atoms with Gasteiger partial charge in [-0.25, -0.2) is 0 Å². The molecule has 7 heteroatoms. The third-order valence-corrected chi connectivity index (χ3v) is 18.5. The lowest BCUT2D eigenvalue weighted by atomic mass is 9.98. The molecule has 0 aromatic heterocycles. The lowest BCUT2D eigenvalue weighted by molar-refractivity contribution is -0.139. The Bertz CT molecular complexity index is 550. The van der Waals surface area contributed by atoms with Gasteiger partial charge in [0.15, 0.2) is 0 Å². The standard InChI is InChI=1S/C28H54O5Si2/c1-5-30-34(31-6-2,32-7-3)23-24(4)28(29)33-35(25-17-11-8-12-18-25,26-19-13-9-14-20-26)27-21-15-10-16-22-27/h24-27H,5-23H2,1-4H3. The van der Waals surface area contributed by atoms with E-state index < -0.39 is 17.1 Å². The van der Waals surface area contributed by atoms with Gasteiger partial charge in [0, 0.05) is 25.9 Å². The average Bonchev–Trinajstić information content (AvgIpc) is 2.89. The van der Waals surface area contributed by atoms with E-state index in [0.717, 1.165) is 0 Å². The highest BCUT2D eigenvalue weighted by Gasteiger charge is 2.58. The molecule has 3 fully saturated rings. The maximum Gasteiger partial charge on any atom is 0.501 e. The second-order valence-electron chi connectivity index (χ2n) is 11.4. The van der Waals surface area contributed by atoms with E-state index in [4.69, 9.17) is 17.7 Å². The molecule has 3 saturated carbocycles. The highest BCUT2D eigenvalue weighted by molar-refractivity contribution is 6.79. The lowest BCUT2D eigenvalue weighted by Gasteiger charge is -2.51. The molecule has 0 aromatic rings. The van der Waals surface area contributed by atoms with Crippen LogP contribution in [0.25, 0.3) is 0 Å². The summed E-state index contributed by atoms with van der Waals surface area (Å²) in [5.41, 5.74) is 1.98. The minimum absolute atomic E-state index is 0.0226. The van der Waals surface area contributed by atoms with Crippen LogP contribution in [0.1, 0.15) is 124 Å². The third-order valence-electron chi connectivity index (χ3n) is 9.06. The Balaban J connectivity index is 1.89. The van der Waals surface area contributed by atoms with Crippen molar-refractivity contribution in [1.82, 2.24) is 0 Å². The maximum absolute atomic E-state index is 14.0. The van der Waals surface area contributed by atoms with E-state index in [1.54, 1.807) is 0 Å². The molecule has 0 heterocycles. The second-order valence-corrected chi connectivity index (χ2v) is 18.4. The smallest absolute Gasteiger partial charge is 0.501 e. The summed E-state index contributed by atoms with van der Waals surface area (Å²) in [7, 11) is -5.21. The summed E-state index contributed by atoms with van der Waals surface area (Å²) in [5.74, 6) is -0.233. The molecule has 0 amide bonds. The third kappa shape index (κ3) is 7.43. The molecule has 0 bridgehead atoms. The van der Waals surface area contributed by atoms with Crippen molar-refractivity contribution >= 4 is 23.1 Å². The van der Waals surface area contributed by atoms with Crippen LogP contribution in [0.5, 0.6) is 0 Å². The van der Waals surface area contributed by atoms with Crippen LogP contribution in [0.4, 0.5) is 0 Å². The minimum atomic E-state index is -2.90. The molecule has 1 unspecified atom stereocenters. The Labute approximate surface area is 217 Å². The molecule has 3 aliphatic rings. The van der Waals surface area contributed by atoms with Crippen molar-refractivity contribution in [2.75, 3.05) is 19.8 Å². The van der Waals surface area contributed by atoms with Crippen molar-refractivity contribution in [2.24, 2.45) is 5.92 Å². The van der Waals surface area contributed by atoms with E-state index in [2.05, 4.69) is 0 Å². The number of rotatable bonds is 13. The Hall–Kier alpha value is -0.216. The molecule has 0 aliphatic heterocycles. The molecule has 204 valence electrons. The van der Waals surface area contributed by atoms with E-state index in [9.17, 15) is 4.79 Å². The molecule has 0 N–H and O–H groups in total. The van der Waals surface area contributed by atoms with Crippen molar-refractivity contribution in [3.63, 3.8) is 0 Å². The summed E-state index contributed by atoms with van der Waals surface area (Å²) < 4.78 is 25.5. The van der Waals surface area contributed by atoms with E-state index in [-0.39, 0.29) is 11.9 Å². The van der Waals surface area contributed by atoms with Gasteiger partial charge in [-0.05, 0) is 75.9 Å². The Morgan fingerprint density at radius 3 is 1.31 bits per heavy atom. The Morgan fingerprint density at radius 2 is 1.00 bits per heavy atom. The van der Waals surface area contributed by atoms with Crippen LogP contribution < -0.4 is 0 Å². The van der Waals surface area contributed by atoms with E-state index >= 15 is 0 Å². The first-order valence-corrected chi connectivity index (χ1v) is 19.2. The lowest BCUT2D eigenvalue weighted by Crippen LogP contribution is -2.56. The van der Waals surface area contributed by atoms with Gasteiger partial charge in [0.25, 0.3) is 14.3 Å². The van der Waals surface area contributed by atoms with E-state index in [1.807, 2.05) is 27.7 Å². The van der Waals surface area contributed by atoms with Crippen molar-refractivity contribution in [1.29, 1.82) is 0 Å². The molecule has 5 nitrogen and oxygen atoms in total. The number of carbonyl (C=O) groups is 1. The van der Waals surface area contributed by atoms with Crippen molar-refractivity contribution in [2.45, 2.75) is 147 Å². The molecule has 0 aromatic carbocycles. The van der Waals surface area contributed by atoms with Gasteiger partial charge in [-0.3, -0.25) is 4.79 Å². The molecule has 1 atom stereocenters. The van der Waals surface area contributed by atoms with E-state index in [1.165, 1.54) is 96.3 Å². The van der Waals surface area contributed by atoms with Crippen LogP contribution in [-0.4, -0.2) is 42.9 Å². The maximum atomic E-state index is 14.0. The highest BCUT2D eigenvalue weighted by atomic mass is 28.4. The molecular formula is C28H54O5Si2. The summed E-state index contributed by atoms with van der Waals surface area (Å²) >= 11 is 0. The van der Waals surface area contributed by atoms with Crippen LogP contribution >= 0.6 is 0 Å². The summed E-state index contributed by atoms with van der Waals surface area (Å²) in [6.45, 7) is 9.60. The van der Waals surface area contributed by atoms with Gasteiger partial charge in [-0.1, -0.05) is 64.7 Å². The van der Waals surface area contributed by atoms with Crippen LogP contribution in [0.15, 0.2) is 0 Å². The highest BCUT2D eigenvalue weighted by Crippen LogP contribution is 2.57. The fourth-order valence-electron chi connectivity index (χ4n) is 7.61. The topological polar surface area (TPSA) is 54.0 Å². The average molecular weight is 527 g/mol. The summed E-state index contributed by atoms with van der Waals surface area (Å²) in [4.78, 5) is 14.0. The van der Waals surface area contributed by atoms with Crippen LogP contribution in [0.3, 0.4) is 0 Å². The van der Waals surface area contributed by atoms with Gasteiger partial charge < -0.3 is 17.7 Å². The van der Waals surface area contributed by atoms with Crippen molar-refractivity contribution < 1.29 is 22.5 Å². The summed E-state index contributed by atoms with van der Waals surface area (Å²) in [5, 5.41) is 0. The van der Waals surface area contributed by atoms with E-state index in [0.29, 0.717) is 42.5 Å². The van der Waals surface area contributed by atoms with Gasteiger partial charge in [-0.2, -0.15) is 0 Å². The molecule has 3 aliphatic carbocycles. The van der Waals surface area contributed by atoms with Crippen LogP contribution in [0, 0.1) is 5.92 Å². The SMILES string of the molecule is CCO[Si](CC(C)C(=O)O[Si](C1CCCCC1)(C1CCCCC1)C1CCCCC1)(OCC)OCC. The largest absolute Gasteiger partial charge is 0.518 e. The minimum Gasteiger partial charge on any atom is -0.518 e. The molecule has 0 radical (unpaired) electrons. The molecule has 0 spiro atoms. The first-order valence-electron chi connectivity index (χ1n) is 15.2. The predicted molar refractivity (Wildman–Crippen MR) is 147 cm³/mol. The first kappa shape index (κ1) is 29.3. The fourth-order valence-corrected chi connectivity index (χ4v) is 17.4. The zero-order valence-corrected chi connectivity index (χ0v) is 25.3. The summed E-state index contributed by atoms with van der Waals surface area (Å²) in [6, 6.07) is 0.520. The zero-order valence-electron chi connectivity index (χ0n) is 23.3. The second kappa shape index (κ2) is 14.7. The van der Waals surface area contributed by atoms with Crippen LogP contribution in [0.2, 0.25) is 22.7 Å². The molecule has 0 saturated heterocycles.